The number of hydrogen-bond acceptors (Lipinski definition) is 4. The van der Waals surface area contributed by atoms with Gasteiger partial charge in [0.25, 0.3) is 17.6 Å². The number of nitrogens with one attached hydrogen (secondary N) is 1. The van der Waals surface area contributed by atoms with E-state index < -0.39 is 11.7 Å². The Morgan fingerprint density at radius 3 is 2.59 bits per heavy atom. The summed E-state index contributed by atoms with van der Waals surface area (Å²) in [6, 6.07) is 16.4. The Kier molecular flexibility index (Phi) is 4.93. The van der Waals surface area contributed by atoms with Crippen molar-refractivity contribution in [1.29, 1.82) is 0 Å². The molecule has 4 aromatic rings. The molecule has 160 valence electrons. The lowest BCUT2D eigenvalue weighted by Gasteiger charge is -2.39. The highest BCUT2D eigenvalue weighted by Crippen LogP contribution is 2.26. The van der Waals surface area contributed by atoms with E-state index in [0.29, 0.717) is 41.7 Å². The average Bonchev–Trinajstić information content (AvgIpc) is 3.28. The fourth-order valence-electron chi connectivity index (χ4n) is 4.36. The van der Waals surface area contributed by atoms with Crippen molar-refractivity contribution in [2.75, 3.05) is 19.6 Å². The molecule has 2 aromatic carbocycles. The summed E-state index contributed by atoms with van der Waals surface area (Å²) < 4.78 is 0. The Morgan fingerprint density at radius 1 is 1.00 bits per heavy atom. The van der Waals surface area contributed by atoms with E-state index in [0.717, 1.165) is 10.9 Å². The van der Waals surface area contributed by atoms with Gasteiger partial charge in [0.2, 0.25) is 0 Å². The van der Waals surface area contributed by atoms with E-state index in [1.54, 1.807) is 28.1 Å². The van der Waals surface area contributed by atoms with Crippen LogP contribution in [0.1, 0.15) is 27.6 Å². The van der Waals surface area contributed by atoms with E-state index in [-0.39, 0.29) is 11.9 Å². The second-order valence-electron chi connectivity index (χ2n) is 8.06. The highest BCUT2D eigenvalue weighted by molar-refractivity contribution is 6.45. The first kappa shape index (κ1) is 19.9. The van der Waals surface area contributed by atoms with E-state index in [4.69, 9.17) is 0 Å². The summed E-state index contributed by atoms with van der Waals surface area (Å²) in [5, 5.41) is 1.64. The Balaban J connectivity index is 1.35. The number of Topliss-reactive ketones (excluding diaryl/α,β-unsaturated/α-hetero) is 1. The maximum Gasteiger partial charge on any atom is 0.295 e. The van der Waals surface area contributed by atoms with Crippen molar-refractivity contribution in [3.05, 3.63) is 78.1 Å². The molecule has 0 radical (unpaired) electrons. The number of carbonyl (C=O) groups is 3. The molecule has 1 atom stereocenters. The zero-order valence-electron chi connectivity index (χ0n) is 17.6. The number of rotatable bonds is 3. The number of fused-ring (bicyclic) bond motifs is 3. The predicted octanol–water partition coefficient (Wildman–Crippen LogP) is 3.27. The van der Waals surface area contributed by atoms with Crippen molar-refractivity contribution in [2.24, 2.45) is 0 Å². The van der Waals surface area contributed by atoms with Crippen LogP contribution in [0.15, 0.2) is 67.0 Å². The van der Waals surface area contributed by atoms with Gasteiger partial charge in [-0.05, 0) is 25.1 Å². The number of nitrogens with zero attached hydrogens (tertiary/aromatic N) is 3. The highest BCUT2D eigenvalue weighted by atomic mass is 16.2. The van der Waals surface area contributed by atoms with Crippen molar-refractivity contribution < 1.29 is 14.4 Å². The molecule has 2 amide bonds. The molecule has 3 heterocycles. The van der Waals surface area contributed by atoms with E-state index in [9.17, 15) is 14.4 Å². The molecule has 0 saturated carbocycles. The number of benzene rings is 2. The van der Waals surface area contributed by atoms with E-state index in [1.165, 1.54) is 6.20 Å². The topological polar surface area (TPSA) is 86.4 Å². The molecule has 5 rings (SSSR count). The molecule has 1 aliphatic rings. The van der Waals surface area contributed by atoms with Crippen LogP contribution in [0.25, 0.3) is 21.8 Å². The van der Waals surface area contributed by atoms with Crippen molar-refractivity contribution >= 4 is 39.4 Å². The molecule has 1 saturated heterocycles. The number of pyridine rings is 1. The lowest BCUT2D eigenvalue weighted by Crippen LogP contribution is -2.56. The molecule has 32 heavy (non-hydrogen) atoms. The molecular weight excluding hydrogens is 404 g/mol. The molecule has 7 heteroatoms. The summed E-state index contributed by atoms with van der Waals surface area (Å²) in [4.78, 5) is 49.8. The third-order valence-corrected chi connectivity index (χ3v) is 6.06. The number of H-pyrrole nitrogens is 1. The van der Waals surface area contributed by atoms with Crippen LogP contribution in [0, 0.1) is 0 Å². The third kappa shape index (κ3) is 3.32. The summed E-state index contributed by atoms with van der Waals surface area (Å²) >= 11 is 0. The highest BCUT2D eigenvalue weighted by Gasteiger charge is 2.34. The number of aromatic amines is 1. The first-order chi connectivity index (χ1) is 15.5. The van der Waals surface area contributed by atoms with Crippen LogP contribution in [0.2, 0.25) is 0 Å². The van der Waals surface area contributed by atoms with E-state index in [2.05, 4.69) is 9.97 Å². The van der Waals surface area contributed by atoms with Gasteiger partial charge in [-0.2, -0.15) is 0 Å². The van der Waals surface area contributed by atoms with Gasteiger partial charge in [0, 0.05) is 54.4 Å². The van der Waals surface area contributed by atoms with Gasteiger partial charge in [-0.3, -0.25) is 19.4 Å². The molecule has 7 nitrogen and oxygen atoms in total. The Bertz CT molecular complexity index is 1350. The van der Waals surface area contributed by atoms with Crippen LogP contribution in [-0.2, 0) is 4.79 Å². The molecule has 1 aliphatic heterocycles. The first-order valence-electron chi connectivity index (χ1n) is 10.6. The fraction of sp³-hybridized carbons (Fsp3) is 0.200. The monoisotopic (exact) mass is 426 g/mol. The lowest BCUT2D eigenvalue weighted by molar-refractivity contribution is -0.130. The summed E-state index contributed by atoms with van der Waals surface area (Å²) in [6.45, 7) is 2.94. The Morgan fingerprint density at radius 2 is 1.81 bits per heavy atom. The van der Waals surface area contributed by atoms with Crippen LogP contribution < -0.4 is 0 Å². The summed E-state index contributed by atoms with van der Waals surface area (Å²) in [5.41, 5.74) is 2.43. The molecule has 0 unspecified atom stereocenters. The molecule has 2 aromatic heterocycles. The maximum atomic E-state index is 13.1. The molecule has 0 bridgehead atoms. The lowest BCUT2D eigenvalue weighted by atomic mass is 10.0. The number of hydrogen-bond donors (Lipinski definition) is 1. The number of aromatic nitrogens is 2. The standard InChI is InChI=1S/C25H22N4O3/c1-16-15-28(24(31)18-6-3-2-4-7-18)12-13-29(16)25(32)23(30)20-14-27-22-19(20)10-9-17-8-5-11-26-21(17)22/h2-11,14,16,26H,12-13,15H2,1H3/t16-/m1/s1. The number of ketones is 1. The van der Waals surface area contributed by atoms with Gasteiger partial charge in [0.15, 0.2) is 0 Å². The van der Waals surface area contributed by atoms with Crippen molar-refractivity contribution in [2.45, 2.75) is 13.0 Å². The first-order valence-corrected chi connectivity index (χ1v) is 10.6. The number of piperazine rings is 1. The van der Waals surface area contributed by atoms with Crippen molar-refractivity contribution in [1.82, 2.24) is 19.8 Å². The minimum atomic E-state index is -0.572. The molecular formula is C25H22N4O3. The second-order valence-corrected chi connectivity index (χ2v) is 8.06. The minimum absolute atomic E-state index is 0.0646. The van der Waals surface area contributed by atoms with Crippen LogP contribution in [0.3, 0.4) is 0 Å². The Hall–Kier alpha value is -4.00. The summed E-state index contributed by atoms with van der Waals surface area (Å²) in [5.74, 6) is -1.20. The summed E-state index contributed by atoms with van der Waals surface area (Å²) in [6.07, 6.45) is 3.28. The van der Waals surface area contributed by atoms with E-state index >= 15 is 0 Å². The van der Waals surface area contributed by atoms with Crippen molar-refractivity contribution in [3.63, 3.8) is 0 Å². The van der Waals surface area contributed by atoms with Gasteiger partial charge < -0.3 is 14.8 Å². The third-order valence-electron chi connectivity index (χ3n) is 6.06. The van der Waals surface area contributed by atoms with Crippen LogP contribution >= 0.6 is 0 Å². The zero-order valence-corrected chi connectivity index (χ0v) is 17.6. The quantitative estimate of drug-likeness (QED) is 0.402. The molecule has 0 spiro atoms. The predicted molar refractivity (Wildman–Crippen MR) is 121 cm³/mol. The van der Waals surface area contributed by atoms with Gasteiger partial charge >= 0.3 is 0 Å². The maximum absolute atomic E-state index is 13.1. The largest absolute Gasteiger partial charge is 0.359 e. The Labute approximate surface area is 184 Å². The van der Waals surface area contributed by atoms with Gasteiger partial charge in [0.05, 0.1) is 16.6 Å². The average molecular weight is 426 g/mol. The molecule has 1 N–H and O–H groups in total. The smallest absolute Gasteiger partial charge is 0.295 e. The molecule has 1 fully saturated rings. The fourth-order valence-corrected chi connectivity index (χ4v) is 4.36. The van der Waals surface area contributed by atoms with Gasteiger partial charge in [-0.25, -0.2) is 0 Å². The van der Waals surface area contributed by atoms with E-state index in [1.807, 2.05) is 49.4 Å². The number of carbonyl (C=O) groups excluding carboxylic acids is 3. The van der Waals surface area contributed by atoms with Crippen LogP contribution in [0.5, 0.6) is 0 Å². The second kappa shape index (κ2) is 7.92. The SMILES string of the molecule is C[C@@H]1CN(C(=O)c2ccccc2)CCN1C(=O)C(=O)c1cnc2c1ccc1ccc[nH]c12. The van der Waals surface area contributed by atoms with Gasteiger partial charge in [-0.1, -0.05) is 36.4 Å². The molecule has 0 aliphatic carbocycles. The normalized spacial score (nSPS) is 16.5. The van der Waals surface area contributed by atoms with Crippen LogP contribution in [-0.4, -0.2) is 63.0 Å². The minimum Gasteiger partial charge on any atom is -0.359 e. The number of amides is 2. The summed E-state index contributed by atoms with van der Waals surface area (Å²) in [7, 11) is 0. The van der Waals surface area contributed by atoms with Crippen LogP contribution in [0.4, 0.5) is 0 Å². The van der Waals surface area contributed by atoms with Gasteiger partial charge in [-0.15, -0.1) is 0 Å². The zero-order chi connectivity index (χ0) is 22.2. The van der Waals surface area contributed by atoms with Gasteiger partial charge in [0.1, 0.15) is 0 Å². The van der Waals surface area contributed by atoms with Crippen molar-refractivity contribution in [3.8, 4) is 0 Å².